The molecule has 1 aliphatic heterocycles. The zero-order valence-electron chi connectivity index (χ0n) is 32.9. The summed E-state index contributed by atoms with van der Waals surface area (Å²) >= 11 is 0. The maximum Gasteiger partial charge on any atom is 0.329 e. The average molecular weight is 772 g/mol. The number of aliphatic imine (C=N–C) groups is 1. The first kappa shape index (κ1) is 47.0. The minimum Gasteiger partial charge on any atom is -0.392 e. The molecule has 0 saturated carbocycles. The van der Waals surface area contributed by atoms with Gasteiger partial charge in [0.05, 0.1) is 19.8 Å². The summed E-state index contributed by atoms with van der Waals surface area (Å²) in [6.45, 7) is 4.24. The van der Waals surface area contributed by atoms with E-state index >= 15 is 0 Å². The van der Waals surface area contributed by atoms with Crippen LogP contribution >= 0.6 is 8.60 Å². The van der Waals surface area contributed by atoms with Crippen LogP contribution in [0.25, 0.3) is 0 Å². The molecule has 0 radical (unpaired) electrons. The summed E-state index contributed by atoms with van der Waals surface area (Å²) in [5, 5.41) is 26.7. The molecule has 54 heavy (non-hydrogen) atoms. The van der Waals surface area contributed by atoms with E-state index in [9.17, 15) is 10.2 Å². The Morgan fingerprint density at radius 1 is 0.870 bits per heavy atom. The number of nitrogens with zero attached hydrogens (tertiary/aromatic N) is 5. The Labute approximate surface area is 325 Å². The fraction of sp³-hybridized carbons (Fsp3) is 0.700. The van der Waals surface area contributed by atoms with Crippen molar-refractivity contribution < 1.29 is 28.5 Å². The number of aryl methyl sites for hydroxylation is 1. The summed E-state index contributed by atoms with van der Waals surface area (Å²) in [5.74, 6) is 0.477. The Kier molecular flexibility index (Phi) is 26.2. The van der Waals surface area contributed by atoms with Gasteiger partial charge in [-0.05, 0) is 49.4 Å². The maximum absolute atomic E-state index is 10.2. The molecule has 0 aliphatic carbocycles. The van der Waals surface area contributed by atoms with Crippen LogP contribution in [0.4, 0.5) is 0 Å². The summed E-state index contributed by atoms with van der Waals surface area (Å²) in [5.41, 5.74) is 10.7. The number of aromatic nitrogens is 2. The van der Waals surface area contributed by atoms with Gasteiger partial charge in [0.25, 0.3) is 0 Å². The number of unbranched alkanes of at least 4 members (excludes halogenated alkanes) is 15. The van der Waals surface area contributed by atoms with Gasteiger partial charge in [-0.3, -0.25) is 4.68 Å². The lowest BCUT2D eigenvalue weighted by Crippen LogP contribution is -2.36. The minimum atomic E-state index is -2.11. The Bertz CT molecular complexity index is 1360. The molecule has 2 atom stereocenters. The highest BCUT2D eigenvalue weighted by Crippen LogP contribution is 2.35. The molecule has 14 heteroatoms. The number of nitriles is 2. The SMILES string of the molecule is CCCCCCCCCCCCCCCCCCOCCCOP(O)OCC(C#N)(CCc1ccc2n1NCN=C2N)OC.N#Cc1ccc(CO)cn1. The van der Waals surface area contributed by atoms with Crippen LogP contribution in [0, 0.1) is 22.7 Å². The molecule has 1 aliphatic rings. The van der Waals surface area contributed by atoms with Crippen LogP contribution in [-0.2, 0) is 31.5 Å². The molecule has 2 aromatic heterocycles. The number of amidine groups is 1. The Morgan fingerprint density at radius 3 is 2.06 bits per heavy atom. The van der Waals surface area contributed by atoms with Crippen molar-refractivity contribution in [2.75, 3.05) is 45.6 Å². The van der Waals surface area contributed by atoms with Gasteiger partial charge >= 0.3 is 8.60 Å². The predicted octanol–water partition coefficient (Wildman–Crippen LogP) is 7.92. The molecule has 13 nitrogen and oxygen atoms in total. The van der Waals surface area contributed by atoms with Crippen LogP contribution in [0.15, 0.2) is 35.5 Å². The van der Waals surface area contributed by atoms with Crippen molar-refractivity contribution in [1.29, 1.82) is 10.5 Å². The molecule has 0 bridgehead atoms. The molecule has 5 N–H and O–H groups in total. The monoisotopic (exact) mass is 771 g/mol. The van der Waals surface area contributed by atoms with E-state index in [0.717, 1.165) is 30.0 Å². The third-order valence-electron chi connectivity index (χ3n) is 9.39. The Hall–Kier alpha value is -3.13. The van der Waals surface area contributed by atoms with E-state index in [2.05, 4.69) is 28.4 Å². The van der Waals surface area contributed by atoms with Crippen molar-refractivity contribution in [2.24, 2.45) is 10.7 Å². The molecule has 2 unspecified atom stereocenters. The predicted molar refractivity (Wildman–Crippen MR) is 214 cm³/mol. The van der Waals surface area contributed by atoms with Crippen molar-refractivity contribution in [3.05, 3.63) is 53.1 Å². The van der Waals surface area contributed by atoms with Gasteiger partial charge < -0.3 is 39.7 Å². The fourth-order valence-corrected chi connectivity index (χ4v) is 6.65. The standard InChI is InChI=1S/C33H60N5O5P.C7H6N2O/c1-3-4-5-6-7-8-9-10-11-12-13-14-15-16-17-18-24-41-25-19-26-42-44(39)43-28-33(27-34,40-2)23-22-30-20-21-31-32(35)36-29-37-38(30)31;8-3-7-2-1-6(5-10)4-9-7/h20-21,37,39H,3-19,22-26,28-29H2,1-2H3,(H2,35,36);1-2,4,10H,5H2. The second kappa shape index (κ2) is 30.1. The molecule has 0 amide bonds. The minimum absolute atomic E-state index is 0.0291. The molecule has 302 valence electrons. The number of hydrogen-bond acceptors (Lipinski definition) is 12. The van der Waals surface area contributed by atoms with Gasteiger partial charge in [0, 0.05) is 32.2 Å². The Morgan fingerprint density at radius 2 is 1.50 bits per heavy atom. The zero-order valence-corrected chi connectivity index (χ0v) is 33.7. The largest absolute Gasteiger partial charge is 0.392 e. The highest BCUT2D eigenvalue weighted by molar-refractivity contribution is 7.40. The molecule has 0 saturated heterocycles. The van der Waals surface area contributed by atoms with E-state index in [1.54, 1.807) is 12.1 Å². The first-order chi connectivity index (χ1) is 26.4. The van der Waals surface area contributed by atoms with Crippen LogP contribution in [0.1, 0.15) is 145 Å². The average Bonchev–Trinajstić information content (AvgIpc) is 3.63. The van der Waals surface area contributed by atoms with Crippen LogP contribution in [0.2, 0.25) is 0 Å². The molecule has 0 spiro atoms. The molecule has 3 heterocycles. The van der Waals surface area contributed by atoms with E-state index in [0.29, 0.717) is 50.7 Å². The molecule has 2 aromatic rings. The van der Waals surface area contributed by atoms with E-state index in [-0.39, 0.29) is 13.2 Å². The lowest BCUT2D eigenvalue weighted by molar-refractivity contribution is -0.0111. The third kappa shape index (κ3) is 20.0. The number of nitrogens with one attached hydrogen (secondary N) is 1. The fourth-order valence-electron chi connectivity index (χ4n) is 5.97. The Balaban J connectivity index is 0.000000867. The van der Waals surface area contributed by atoms with Crippen LogP contribution < -0.4 is 11.2 Å². The van der Waals surface area contributed by atoms with Crippen LogP contribution in [0.3, 0.4) is 0 Å². The number of ether oxygens (including phenoxy) is 2. The first-order valence-corrected chi connectivity index (χ1v) is 21.0. The number of pyridine rings is 1. The topological polar surface area (TPSA) is 193 Å². The highest BCUT2D eigenvalue weighted by Gasteiger charge is 2.32. The third-order valence-corrected chi connectivity index (χ3v) is 10.1. The number of nitrogens with two attached hydrogens (primary N) is 1. The van der Waals surface area contributed by atoms with E-state index in [1.807, 2.05) is 22.9 Å². The van der Waals surface area contributed by atoms with Crippen molar-refractivity contribution in [1.82, 2.24) is 9.66 Å². The molecule has 0 aromatic carbocycles. The van der Waals surface area contributed by atoms with Gasteiger partial charge in [-0.1, -0.05) is 109 Å². The lowest BCUT2D eigenvalue weighted by atomic mass is 9.99. The van der Waals surface area contributed by atoms with Gasteiger partial charge in [-0.25, -0.2) is 9.98 Å². The summed E-state index contributed by atoms with van der Waals surface area (Å²) < 4.78 is 24.0. The van der Waals surface area contributed by atoms with Crippen LogP contribution in [0.5, 0.6) is 0 Å². The number of aliphatic hydroxyl groups excluding tert-OH is 1. The van der Waals surface area contributed by atoms with Crippen molar-refractivity contribution in [3.63, 3.8) is 0 Å². The second-order valence-corrected chi connectivity index (χ2v) is 14.6. The number of methoxy groups -OCH3 is 1. The number of aliphatic hydroxyl groups is 1. The lowest BCUT2D eigenvalue weighted by Gasteiger charge is -2.26. The molecule has 3 rings (SSSR count). The zero-order chi connectivity index (χ0) is 39.1. The van der Waals surface area contributed by atoms with Gasteiger partial charge in [-0.15, -0.1) is 0 Å². The van der Waals surface area contributed by atoms with Gasteiger partial charge in [-0.2, -0.15) is 10.5 Å². The number of fused-ring (bicyclic) bond motifs is 1. The molecular formula is C40H66N7O6P. The first-order valence-electron chi connectivity index (χ1n) is 19.9. The van der Waals surface area contributed by atoms with E-state index in [4.69, 9.17) is 34.6 Å². The van der Waals surface area contributed by atoms with Gasteiger partial charge in [0.1, 0.15) is 36.0 Å². The smallest absolute Gasteiger partial charge is 0.329 e. The summed E-state index contributed by atoms with van der Waals surface area (Å²) in [7, 11) is -0.637. The summed E-state index contributed by atoms with van der Waals surface area (Å²) in [4.78, 5) is 18.1. The normalized spacial score (nSPS) is 13.7. The van der Waals surface area contributed by atoms with E-state index < -0.39 is 14.2 Å². The van der Waals surface area contributed by atoms with E-state index in [1.165, 1.54) is 110 Å². The summed E-state index contributed by atoms with van der Waals surface area (Å²) in [6, 6.07) is 11.2. The number of hydrogen-bond donors (Lipinski definition) is 4. The molecular weight excluding hydrogens is 705 g/mol. The van der Waals surface area contributed by atoms with Gasteiger partial charge in [0.15, 0.2) is 5.60 Å². The highest BCUT2D eigenvalue weighted by atomic mass is 31.2. The quantitative estimate of drug-likeness (QED) is 0.0445. The molecule has 0 fully saturated rings. The van der Waals surface area contributed by atoms with Crippen molar-refractivity contribution in [2.45, 2.75) is 141 Å². The van der Waals surface area contributed by atoms with Crippen molar-refractivity contribution in [3.8, 4) is 12.1 Å². The summed E-state index contributed by atoms with van der Waals surface area (Å²) in [6.07, 6.45) is 24.9. The van der Waals surface area contributed by atoms with Gasteiger partial charge in [0.2, 0.25) is 0 Å². The second-order valence-electron chi connectivity index (χ2n) is 13.7. The number of rotatable bonds is 30. The maximum atomic E-state index is 10.2. The van der Waals surface area contributed by atoms with Crippen LogP contribution in [-0.4, -0.2) is 71.3 Å². The van der Waals surface area contributed by atoms with Crippen molar-refractivity contribution >= 4 is 14.4 Å².